The van der Waals surface area contributed by atoms with E-state index in [0.717, 1.165) is 29.3 Å². The Hall–Kier alpha value is -0.540. The molecule has 1 rings (SSSR count). The van der Waals surface area contributed by atoms with Crippen molar-refractivity contribution in [2.75, 3.05) is 7.05 Å². The van der Waals surface area contributed by atoms with Crippen LogP contribution in [0.25, 0.3) is 0 Å². The summed E-state index contributed by atoms with van der Waals surface area (Å²) in [6.07, 6.45) is 1.81. The summed E-state index contributed by atoms with van der Waals surface area (Å²) >= 11 is 6.22. The molecule has 0 amide bonds. The van der Waals surface area contributed by atoms with E-state index in [0.29, 0.717) is 6.04 Å². The van der Waals surface area contributed by atoms with Gasteiger partial charge in [0.15, 0.2) is 0 Å². The Balaban J connectivity index is 2.90. The van der Waals surface area contributed by atoms with Gasteiger partial charge in [-0.3, -0.25) is 4.68 Å². The van der Waals surface area contributed by atoms with E-state index in [1.54, 1.807) is 0 Å². The third-order valence-corrected chi connectivity index (χ3v) is 2.93. The van der Waals surface area contributed by atoms with Gasteiger partial charge in [-0.1, -0.05) is 18.5 Å². The molecule has 0 saturated carbocycles. The number of aryl methyl sites for hydroxylation is 2. The average Bonchev–Trinajstić information content (AvgIpc) is 2.44. The number of aromatic nitrogens is 2. The summed E-state index contributed by atoms with van der Waals surface area (Å²) in [5.74, 6) is 0. The van der Waals surface area contributed by atoms with E-state index < -0.39 is 0 Å². The first-order chi connectivity index (χ1) is 6.60. The summed E-state index contributed by atoms with van der Waals surface area (Å²) in [7, 11) is 3.90. The van der Waals surface area contributed by atoms with Crippen LogP contribution >= 0.6 is 11.6 Å². The molecule has 0 bridgehead atoms. The number of likely N-dealkylation sites (N-methyl/N-ethyl adjacent to an activating group) is 1. The predicted octanol–water partition coefficient (Wildman–Crippen LogP) is 1.79. The van der Waals surface area contributed by atoms with E-state index in [1.165, 1.54) is 0 Å². The summed E-state index contributed by atoms with van der Waals surface area (Å²) in [5, 5.41) is 8.40. The van der Waals surface area contributed by atoms with Crippen molar-refractivity contribution in [2.24, 2.45) is 7.05 Å². The Kier molecular flexibility index (Phi) is 3.96. The molecule has 0 radical (unpaired) electrons. The molecule has 0 aliphatic rings. The zero-order valence-electron chi connectivity index (χ0n) is 9.26. The van der Waals surface area contributed by atoms with Gasteiger partial charge in [0.05, 0.1) is 16.4 Å². The number of halogens is 1. The van der Waals surface area contributed by atoms with E-state index in [-0.39, 0.29) is 0 Å². The van der Waals surface area contributed by atoms with Gasteiger partial charge in [0, 0.05) is 19.5 Å². The minimum Gasteiger partial charge on any atom is -0.317 e. The van der Waals surface area contributed by atoms with Crippen molar-refractivity contribution >= 4 is 11.6 Å². The number of nitrogens with one attached hydrogen (secondary N) is 1. The fourth-order valence-electron chi connectivity index (χ4n) is 1.43. The molecule has 80 valence electrons. The predicted molar refractivity (Wildman–Crippen MR) is 59.8 cm³/mol. The zero-order valence-corrected chi connectivity index (χ0v) is 10.0. The molecular formula is C10H18ClN3. The lowest BCUT2D eigenvalue weighted by Crippen LogP contribution is -2.24. The Morgan fingerprint density at radius 3 is 2.64 bits per heavy atom. The Morgan fingerprint density at radius 2 is 2.21 bits per heavy atom. The lowest BCUT2D eigenvalue weighted by Gasteiger charge is -2.10. The van der Waals surface area contributed by atoms with Crippen LogP contribution in [0, 0.1) is 0 Å². The van der Waals surface area contributed by atoms with Crippen molar-refractivity contribution in [3.8, 4) is 0 Å². The topological polar surface area (TPSA) is 29.9 Å². The van der Waals surface area contributed by atoms with Crippen LogP contribution in [-0.2, 0) is 19.9 Å². The molecule has 0 saturated heterocycles. The van der Waals surface area contributed by atoms with Crippen LogP contribution in [0.5, 0.6) is 0 Å². The quantitative estimate of drug-likeness (QED) is 0.830. The van der Waals surface area contributed by atoms with E-state index >= 15 is 0 Å². The molecule has 0 aliphatic carbocycles. The maximum atomic E-state index is 6.22. The third-order valence-electron chi connectivity index (χ3n) is 2.50. The summed E-state index contributed by atoms with van der Waals surface area (Å²) in [6.45, 7) is 4.20. The van der Waals surface area contributed by atoms with Gasteiger partial charge in [0.1, 0.15) is 0 Å². The van der Waals surface area contributed by atoms with Gasteiger partial charge in [-0.25, -0.2) is 0 Å². The van der Waals surface area contributed by atoms with Crippen molar-refractivity contribution < 1.29 is 0 Å². The number of nitrogens with zero attached hydrogens (tertiary/aromatic N) is 2. The highest BCUT2D eigenvalue weighted by Gasteiger charge is 2.14. The molecule has 0 fully saturated rings. The van der Waals surface area contributed by atoms with Crippen LogP contribution in [0.3, 0.4) is 0 Å². The molecular weight excluding hydrogens is 198 g/mol. The molecule has 1 aromatic rings. The van der Waals surface area contributed by atoms with E-state index in [1.807, 2.05) is 18.8 Å². The normalized spacial score (nSPS) is 13.2. The molecule has 14 heavy (non-hydrogen) atoms. The summed E-state index contributed by atoms with van der Waals surface area (Å²) < 4.78 is 1.88. The Bertz CT molecular complexity index is 307. The lowest BCUT2D eigenvalue weighted by molar-refractivity contribution is 0.575. The summed E-state index contributed by atoms with van der Waals surface area (Å²) in [5.41, 5.74) is 2.11. The molecule has 0 spiro atoms. The van der Waals surface area contributed by atoms with Crippen molar-refractivity contribution in [3.05, 3.63) is 16.4 Å². The van der Waals surface area contributed by atoms with E-state index in [4.69, 9.17) is 11.6 Å². The van der Waals surface area contributed by atoms with E-state index in [2.05, 4.69) is 24.3 Å². The second-order valence-electron chi connectivity index (χ2n) is 3.58. The second-order valence-corrected chi connectivity index (χ2v) is 3.96. The van der Waals surface area contributed by atoms with Gasteiger partial charge >= 0.3 is 0 Å². The maximum absolute atomic E-state index is 6.22. The first-order valence-electron chi connectivity index (χ1n) is 4.97. The SMILES string of the molecule is CCc1nn(C)c(CC(C)NC)c1Cl. The number of rotatable bonds is 4. The van der Waals surface area contributed by atoms with Gasteiger partial charge in [-0.05, 0) is 20.4 Å². The molecule has 1 N–H and O–H groups in total. The fraction of sp³-hybridized carbons (Fsp3) is 0.700. The lowest BCUT2D eigenvalue weighted by atomic mass is 10.1. The molecule has 1 aromatic heterocycles. The molecule has 0 aliphatic heterocycles. The largest absolute Gasteiger partial charge is 0.317 e. The third kappa shape index (κ3) is 2.28. The van der Waals surface area contributed by atoms with Gasteiger partial charge < -0.3 is 5.32 Å². The first-order valence-corrected chi connectivity index (χ1v) is 5.35. The summed E-state index contributed by atoms with van der Waals surface area (Å²) in [6, 6.07) is 0.424. The first kappa shape index (κ1) is 11.5. The highest BCUT2D eigenvalue weighted by molar-refractivity contribution is 6.31. The van der Waals surface area contributed by atoms with Gasteiger partial charge in [-0.15, -0.1) is 0 Å². The monoisotopic (exact) mass is 215 g/mol. The average molecular weight is 216 g/mol. The van der Waals surface area contributed by atoms with Crippen molar-refractivity contribution in [3.63, 3.8) is 0 Å². The minimum absolute atomic E-state index is 0.424. The molecule has 1 unspecified atom stereocenters. The maximum Gasteiger partial charge on any atom is 0.0850 e. The van der Waals surface area contributed by atoms with Crippen LogP contribution < -0.4 is 5.32 Å². The summed E-state index contributed by atoms with van der Waals surface area (Å²) in [4.78, 5) is 0. The van der Waals surface area contributed by atoms with Crippen LogP contribution in [0.2, 0.25) is 5.02 Å². The minimum atomic E-state index is 0.424. The van der Waals surface area contributed by atoms with Crippen molar-refractivity contribution in [2.45, 2.75) is 32.7 Å². The van der Waals surface area contributed by atoms with Crippen LogP contribution in [-0.4, -0.2) is 22.9 Å². The molecule has 0 aromatic carbocycles. The van der Waals surface area contributed by atoms with Gasteiger partial charge in [0.2, 0.25) is 0 Å². The standard InChI is InChI=1S/C10H18ClN3/c1-5-8-10(11)9(14(4)13-8)6-7(2)12-3/h7,12H,5-6H2,1-4H3. The van der Waals surface area contributed by atoms with Crippen LogP contribution in [0.15, 0.2) is 0 Å². The highest BCUT2D eigenvalue weighted by atomic mass is 35.5. The number of hydrogen-bond donors (Lipinski definition) is 1. The second kappa shape index (κ2) is 4.80. The van der Waals surface area contributed by atoms with Crippen LogP contribution in [0.1, 0.15) is 25.2 Å². The van der Waals surface area contributed by atoms with Crippen LogP contribution in [0.4, 0.5) is 0 Å². The van der Waals surface area contributed by atoms with Crippen molar-refractivity contribution in [1.82, 2.24) is 15.1 Å². The zero-order chi connectivity index (χ0) is 10.7. The van der Waals surface area contributed by atoms with Gasteiger partial charge in [0.25, 0.3) is 0 Å². The Morgan fingerprint density at radius 1 is 1.57 bits per heavy atom. The molecule has 3 nitrogen and oxygen atoms in total. The molecule has 1 heterocycles. The molecule has 4 heteroatoms. The fourth-order valence-corrected chi connectivity index (χ4v) is 1.80. The smallest absolute Gasteiger partial charge is 0.0850 e. The highest BCUT2D eigenvalue weighted by Crippen LogP contribution is 2.21. The van der Waals surface area contributed by atoms with E-state index in [9.17, 15) is 0 Å². The van der Waals surface area contributed by atoms with Crippen molar-refractivity contribution in [1.29, 1.82) is 0 Å². The van der Waals surface area contributed by atoms with Gasteiger partial charge in [-0.2, -0.15) is 5.10 Å². The Labute approximate surface area is 90.4 Å². The number of hydrogen-bond acceptors (Lipinski definition) is 2. The molecule has 1 atom stereocenters.